The molecule has 3 nitrogen and oxygen atoms in total. The van der Waals surface area contributed by atoms with E-state index in [2.05, 4.69) is 10.5 Å². The Bertz CT molecular complexity index is 261. The highest BCUT2D eigenvalue weighted by Gasteiger charge is 1.85. The van der Waals surface area contributed by atoms with Gasteiger partial charge in [-0.1, -0.05) is 29.3 Å². The molecule has 0 aliphatic heterocycles. The number of primary amides is 1. The number of carbonyl (C=O) groups excluding carboxylic acids is 1. The lowest BCUT2D eigenvalue weighted by atomic mass is 10.4. The van der Waals surface area contributed by atoms with Crippen LogP contribution in [0.1, 0.15) is 0 Å². The fraction of sp³-hybridized carbons (Fsp3) is 0.125. The molecule has 2 N–H and O–H groups in total. The van der Waals surface area contributed by atoms with Gasteiger partial charge in [-0.05, 0) is 18.2 Å². The first kappa shape index (κ1) is 12.1. The normalized spacial score (nSPS) is 8.23. The van der Waals surface area contributed by atoms with Gasteiger partial charge in [-0.15, -0.1) is 0 Å². The van der Waals surface area contributed by atoms with Crippen LogP contribution in [-0.2, 0) is 4.74 Å². The summed E-state index contributed by atoms with van der Waals surface area (Å²) < 4.78 is 3.89. The SMILES string of the molecule is COC(N)=O.Clc1cccc(Cl)c1. The first-order valence-corrected chi connectivity index (χ1v) is 4.06. The molecule has 72 valence electrons. The van der Waals surface area contributed by atoms with Gasteiger partial charge >= 0.3 is 6.09 Å². The van der Waals surface area contributed by atoms with E-state index in [1.165, 1.54) is 7.11 Å². The molecule has 0 bridgehead atoms. The number of hydrogen-bond acceptors (Lipinski definition) is 2. The molecule has 0 spiro atoms. The van der Waals surface area contributed by atoms with Gasteiger partial charge in [0.2, 0.25) is 0 Å². The van der Waals surface area contributed by atoms with Crippen LogP contribution < -0.4 is 5.73 Å². The van der Waals surface area contributed by atoms with Crippen LogP contribution >= 0.6 is 23.2 Å². The van der Waals surface area contributed by atoms with Crippen LogP contribution in [0.2, 0.25) is 10.0 Å². The molecule has 0 heterocycles. The molecule has 0 aromatic heterocycles. The van der Waals surface area contributed by atoms with Crippen LogP contribution in [0.15, 0.2) is 24.3 Å². The minimum Gasteiger partial charge on any atom is -0.453 e. The number of halogens is 2. The van der Waals surface area contributed by atoms with Crippen LogP contribution in [0, 0.1) is 0 Å². The molecule has 0 saturated heterocycles. The molecule has 0 radical (unpaired) electrons. The van der Waals surface area contributed by atoms with Crippen molar-refractivity contribution in [1.29, 1.82) is 0 Å². The summed E-state index contributed by atoms with van der Waals surface area (Å²) in [6.45, 7) is 0. The minimum atomic E-state index is -0.745. The number of hydrogen-bond donors (Lipinski definition) is 1. The quantitative estimate of drug-likeness (QED) is 0.733. The summed E-state index contributed by atoms with van der Waals surface area (Å²) in [7, 11) is 1.22. The van der Waals surface area contributed by atoms with Gasteiger partial charge in [0.25, 0.3) is 0 Å². The number of carbonyl (C=O) groups is 1. The number of methoxy groups -OCH3 is 1. The van der Waals surface area contributed by atoms with E-state index in [0.29, 0.717) is 10.0 Å². The summed E-state index contributed by atoms with van der Waals surface area (Å²) in [4.78, 5) is 9.37. The van der Waals surface area contributed by atoms with Crippen molar-refractivity contribution in [2.75, 3.05) is 7.11 Å². The Kier molecular flexibility index (Phi) is 6.10. The van der Waals surface area contributed by atoms with Gasteiger partial charge in [0.1, 0.15) is 0 Å². The highest BCUT2D eigenvalue weighted by Crippen LogP contribution is 2.13. The molecule has 0 saturated carbocycles. The largest absolute Gasteiger partial charge is 0.453 e. The van der Waals surface area contributed by atoms with Gasteiger partial charge in [0.15, 0.2) is 0 Å². The minimum absolute atomic E-state index is 0.678. The van der Waals surface area contributed by atoms with Crippen molar-refractivity contribution in [1.82, 2.24) is 0 Å². The molecule has 0 unspecified atom stereocenters. The Morgan fingerprint density at radius 3 is 1.92 bits per heavy atom. The first-order chi connectivity index (χ1) is 6.06. The van der Waals surface area contributed by atoms with Crippen molar-refractivity contribution >= 4 is 29.3 Å². The van der Waals surface area contributed by atoms with Crippen molar-refractivity contribution in [2.24, 2.45) is 5.73 Å². The molecule has 13 heavy (non-hydrogen) atoms. The maximum atomic E-state index is 9.37. The second kappa shape index (κ2) is 6.57. The van der Waals surface area contributed by atoms with Gasteiger partial charge in [0, 0.05) is 10.0 Å². The van der Waals surface area contributed by atoms with E-state index < -0.39 is 6.09 Å². The predicted octanol–water partition coefficient (Wildman–Crippen LogP) is 2.70. The lowest BCUT2D eigenvalue weighted by Crippen LogP contribution is -2.08. The predicted molar refractivity (Wildman–Crippen MR) is 53.1 cm³/mol. The number of nitrogens with two attached hydrogens (primary N) is 1. The van der Waals surface area contributed by atoms with Crippen molar-refractivity contribution in [3.05, 3.63) is 34.3 Å². The van der Waals surface area contributed by atoms with Gasteiger partial charge in [-0.25, -0.2) is 4.79 Å². The topological polar surface area (TPSA) is 52.3 Å². The maximum Gasteiger partial charge on any atom is 0.404 e. The summed E-state index contributed by atoms with van der Waals surface area (Å²) >= 11 is 11.1. The van der Waals surface area contributed by atoms with Crippen LogP contribution in [0.3, 0.4) is 0 Å². The van der Waals surface area contributed by atoms with E-state index in [-0.39, 0.29) is 0 Å². The Morgan fingerprint density at radius 2 is 1.77 bits per heavy atom. The van der Waals surface area contributed by atoms with Crippen molar-refractivity contribution < 1.29 is 9.53 Å². The lowest BCUT2D eigenvalue weighted by Gasteiger charge is -1.86. The fourth-order valence-electron chi connectivity index (χ4n) is 0.460. The molecular weight excluding hydrogens is 213 g/mol. The van der Waals surface area contributed by atoms with E-state index in [4.69, 9.17) is 23.2 Å². The van der Waals surface area contributed by atoms with E-state index in [1.807, 2.05) is 6.07 Å². The summed E-state index contributed by atoms with van der Waals surface area (Å²) in [6.07, 6.45) is -0.745. The molecule has 0 fully saturated rings. The molecule has 1 aromatic carbocycles. The zero-order chi connectivity index (χ0) is 10.3. The average molecular weight is 222 g/mol. The third-order valence-electron chi connectivity index (χ3n) is 0.988. The highest BCUT2D eigenvalue weighted by molar-refractivity contribution is 6.34. The summed E-state index contributed by atoms with van der Waals surface area (Å²) in [5.74, 6) is 0. The van der Waals surface area contributed by atoms with Crippen LogP contribution in [0.25, 0.3) is 0 Å². The van der Waals surface area contributed by atoms with E-state index >= 15 is 0 Å². The number of benzene rings is 1. The van der Waals surface area contributed by atoms with Gasteiger partial charge in [-0.3, -0.25) is 0 Å². The zero-order valence-electron chi connectivity index (χ0n) is 6.96. The van der Waals surface area contributed by atoms with Crippen LogP contribution in [0.4, 0.5) is 4.79 Å². The Morgan fingerprint density at radius 1 is 1.38 bits per heavy atom. The molecule has 0 atom stereocenters. The number of rotatable bonds is 0. The number of amides is 1. The van der Waals surface area contributed by atoms with E-state index in [1.54, 1.807) is 18.2 Å². The van der Waals surface area contributed by atoms with Gasteiger partial charge in [-0.2, -0.15) is 0 Å². The summed E-state index contributed by atoms with van der Waals surface area (Å²) in [5, 5.41) is 1.36. The van der Waals surface area contributed by atoms with E-state index in [9.17, 15) is 4.79 Å². The second-order valence-electron chi connectivity index (χ2n) is 1.96. The third-order valence-corrected chi connectivity index (χ3v) is 1.46. The van der Waals surface area contributed by atoms with Gasteiger partial charge < -0.3 is 10.5 Å². The van der Waals surface area contributed by atoms with Crippen molar-refractivity contribution in [3.8, 4) is 0 Å². The highest BCUT2D eigenvalue weighted by atomic mass is 35.5. The summed E-state index contributed by atoms with van der Waals surface area (Å²) in [6, 6.07) is 7.08. The molecular formula is C8H9Cl2NO2. The lowest BCUT2D eigenvalue weighted by molar-refractivity contribution is 0.182. The summed E-state index contributed by atoms with van der Waals surface area (Å²) in [5.41, 5.74) is 4.43. The zero-order valence-corrected chi connectivity index (χ0v) is 8.47. The maximum absolute atomic E-state index is 9.37. The molecule has 1 amide bonds. The average Bonchev–Trinajstić information content (AvgIpc) is 2.05. The second-order valence-corrected chi connectivity index (χ2v) is 2.84. The Balaban J connectivity index is 0.000000252. The monoisotopic (exact) mass is 221 g/mol. The van der Waals surface area contributed by atoms with Crippen LogP contribution in [0.5, 0.6) is 0 Å². The third kappa shape index (κ3) is 7.43. The number of ether oxygens (including phenoxy) is 1. The fourth-order valence-corrected chi connectivity index (χ4v) is 0.896. The molecule has 5 heteroatoms. The standard InChI is InChI=1S/C6H4Cl2.C2H5NO2/c7-5-2-1-3-6(8)4-5;1-5-2(3)4/h1-4H;1H3,(H2,3,4). The molecule has 1 aromatic rings. The van der Waals surface area contributed by atoms with Crippen molar-refractivity contribution in [3.63, 3.8) is 0 Å². The first-order valence-electron chi connectivity index (χ1n) is 3.30. The van der Waals surface area contributed by atoms with E-state index in [0.717, 1.165) is 0 Å². The van der Waals surface area contributed by atoms with Crippen molar-refractivity contribution in [2.45, 2.75) is 0 Å². The smallest absolute Gasteiger partial charge is 0.404 e. The van der Waals surface area contributed by atoms with Crippen LogP contribution in [-0.4, -0.2) is 13.2 Å². The molecule has 1 rings (SSSR count). The molecule has 0 aliphatic rings. The Hall–Kier alpha value is -0.930. The molecule has 0 aliphatic carbocycles. The Labute approximate surface area is 86.4 Å². The van der Waals surface area contributed by atoms with Gasteiger partial charge in [0.05, 0.1) is 7.11 Å².